The molecule has 0 saturated carbocycles. The number of benzene rings is 2. The van der Waals surface area contributed by atoms with Crippen LogP contribution in [0.15, 0.2) is 54.6 Å². The van der Waals surface area contributed by atoms with Gasteiger partial charge in [-0.3, -0.25) is 9.59 Å². The molecule has 0 N–H and O–H groups in total. The van der Waals surface area contributed by atoms with Crippen LogP contribution in [-0.2, 0) is 32.1 Å². The van der Waals surface area contributed by atoms with E-state index in [0.29, 0.717) is 25.2 Å². The van der Waals surface area contributed by atoms with Crippen LogP contribution in [0.2, 0.25) is 0 Å². The van der Waals surface area contributed by atoms with Gasteiger partial charge in [-0.15, -0.1) is 0 Å². The van der Waals surface area contributed by atoms with E-state index in [1.165, 1.54) is 0 Å². The van der Waals surface area contributed by atoms with Crippen LogP contribution in [0.4, 0.5) is 0 Å². The lowest BCUT2D eigenvalue weighted by atomic mass is 10.1. The quantitative estimate of drug-likeness (QED) is 0.471. The molecule has 0 bridgehead atoms. The molecule has 150 valence electrons. The summed E-state index contributed by atoms with van der Waals surface area (Å²) in [4.78, 5) is 23.6. The Labute approximate surface area is 166 Å². The van der Waals surface area contributed by atoms with Gasteiger partial charge in [0.15, 0.2) is 0 Å². The molecule has 28 heavy (non-hydrogen) atoms. The summed E-state index contributed by atoms with van der Waals surface area (Å²) in [5.41, 5.74) is 1.36. The van der Waals surface area contributed by atoms with Crippen LogP contribution in [0, 0.1) is 0 Å². The molecule has 2 aromatic carbocycles. The summed E-state index contributed by atoms with van der Waals surface area (Å²) in [5.74, 6) is 0.209. The second kappa shape index (κ2) is 10.5. The topological polar surface area (TPSA) is 61.8 Å². The second-order valence-corrected chi connectivity index (χ2v) is 7.51. The number of hydrogen-bond donors (Lipinski definition) is 0. The van der Waals surface area contributed by atoms with Crippen molar-refractivity contribution in [2.45, 2.75) is 52.2 Å². The lowest BCUT2D eigenvalue weighted by molar-refractivity contribution is -0.155. The Morgan fingerprint density at radius 3 is 2.18 bits per heavy atom. The first-order valence-corrected chi connectivity index (χ1v) is 9.45. The Kier molecular flexibility index (Phi) is 8.05. The highest BCUT2D eigenvalue weighted by molar-refractivity contribution is 5.72. The van der Waals surface area contributed by atoms with Crippen molar-refractivity contribution in [1.29, 1.82) is 0 Å². The minimum absolute atomic E-state index is 0.214. The van der Waals surface area contributed by atoms with Crippen LogP contribution in [0.5, 0.6) is 5.75 Å². The highest BCUT2D eigenvalue weighted by atomic mass is 16.6. The maximum absolute atomic E-state index is 11.9. The molecule has 0 saturated heterocycles. The van der Waals surface area contributed by atoms with Crippen molar-refractivity contribution in [3.8, 4) is 5.75 Å². The molecule has 0 aliphatic heterocycles. The Balaban J connectivity index is 1.67. The van der Waals surface area contributed by atoms with Gasteiger partial charge in [0.2, 0.25) is 0 Å². The Bertz CT molecular complexity index is 745. The van der Waals surface area contributed by atoms with E-state index in [2.05, 4.69) is 0 Å². The summed E-state index contributed by atoms with van der Waals surface area (Å²) < 4.78 is 16.2. The summed E-state index contributed by atoms with van der Waals surface area (Å²) in [6, 6.07) is 16.9. The molecule has 0 fully saturated rings. The fraction of sp³-hybridized carbons (Fsp3) is 0.391. The van der Waals surface area contributed by atoms with E-state index in [9.17, 15) is 9.59 Å². The van der Waals surface area contributed by atoms with Gasteiger partial charge in [0, 0.05) is 6.42 Å². The molecular formula is C23H28O5. The third-order valence-corrected chi connectivity index (χ3v) is 3.73. The van der Waals surface area contributed by atoms with Crippen molar-refractivity contribution in [2.24, 2.45) is 0 Å². The van der Waals surface area contributed by atoms with Crippen LogP contribution in [-0.4, -0.2) is 24.1 Å². The Hall–Kier alpha value is -2.82. The molecule has 0 aromatic heterocycles. The van der Waals surface area contributed by atoms with Gasteiger partial charge in [-0.25, -0.2) is 0 Å². The number of hydrogen-bond acceptors (Lipinski definition) is 5. The van der Waals surface area contributed by atoms with Crippen molar-refractivity contribution in [3.63, 3.8) is 0 Å². The number of rotatable bonds is 9. The van der Waals surface area contributed by atoms with Gasteiger partial charge < -0.3 is 14.2 Å². The standard InChI is InChI=1S/C23H28O5/c1-23(2,3)28-21(24)10-7-15-26-20-13-11-18(12-14-20)16-22(25)27-17-19-8-5-4-6-9-19/h4-6,8-9,11-14H,7,10,15-17H2,1-3H3. The number of carbonyl (C=O) groups excluding carboxylic acids is 2. The van der Waals surface area contributed by atoms with Crippen molar-refractivity contribution < 1.29 is 23.8 Å². The summed E-state index contributed by atoms with van der Waals surface area (Å²) in [7, 11) is 0. The number of carbonyl (C=O) groups is 2. The molecule has 0 atom stereocenters. The Morgan fingerprint density at radius 2 is 1.54 bits per heavy atom. The predicted octanol–water partition coefficient (Wildman–Crippen LogP) is 4.47. The van der Waals surface area contributed by atoms with Crippen molar-refractivity contribution in [3.05, 3.63) is 65.7 Å². The van der Waals surface area contributed by atoms with Gasteiger partial charge in [-0.2, -0.15) is 0 Å². The van der Waals surface area contributed by atoms with Gasteiger partial charge in [0.1, 0.15) is 18.0 Å². The van der Waals surface area contributed by atoms with Gasteiger partial charge in [0.05, 0.1) is 13.0 Å². The van der Waals surface area contributed by atoms with Crippen LogP contribution >= 0.6 is 0 Å². The monoisotopic (exact) mass is 384 g/mol. The van der Waals surface area contributed by atoms with Crippen LogP contribution in [0.3, 0.4) is 0 Å². The van der Waals surface area contributed by atoms with Crippen molar-refractivity contribution in [2.75, 3.05) is 6.61 Å². The smallest absolute Gasteiger partial charge is 0.310 e. The molecule has 0 radical (unpaired) electrons. The SMILES string of the molecule is CC(C)(C)OC(=O)CCCOc1ccc(CC(=O)OCc2ccccc2)cc1. The van der Waals surface area contributed by atoms with Crippen LogP contribution < -0.4 is 4.74 Å². The van der Waals surface area contributed by atoms with Gasteiger partial charge in [-0.05, 0) is 50.5 Å². The first-order chi connectivity index (χ1) is 13.3. The zero-order valence-electron chi connectivity index (χ0n) is 16.8. The molecule has 0 aliphatic rings. The predicted molar refractivity (Wildman–Crippen MR) is 107 cm³/mol. The highest BCUT2D eigenvalue weighted by Crippen LogP contribution is 2.14. The van der Waals surface area contributed by atoms with E-state index < -0.39 is 5.60 Å². The van der Waals surface area contributed by atoms with E-state index in [4.69, 9.17) is 14.2 Å². The van der Waals surface area contributed by atoms with E-state index >= 15 is 0 Å². The zero-order valence-corrected chi connectivity index (χ0v) is 16.8. The lowest BCUT2D eigenvalue weighted by Gasteiger charge is -2.19. The molecule has 5 nitrogen and oxygen atoms in total. The van der Waals surface area contributed by atoms with Gasteiger partial charge >= 0.3 is 11.9 Å². The molecule has 0 aliphatic carbocycles. The molecule has 0 amide bonds. The molecule has 0 heterocycles. The molecule has 2 aromatic rings. The average Bonchev–Trinajstić information content (AvgIpc) is 2.64. The minimum Gasteiger partial charge on any atom is -0.494 e. The molecule has 2 rings (SSSR count). The maximum Gasteiger partial charge on any atom is 0.310 e. The first-order valence-electron chi connectivity index (χ1n) is 9.45. The molecular weight excluding hydrogens is 356 g/mol. The van der Waals surface area contributed by atoms with Crippen molar-refractivity contribution >= 4 is 11.9 Å². The fourth-order valence-corrected chi connectivity index (χ4v) is 2.46. The van der Waals surface area contributed by atoms with E-state index in [1.54, 1.807) is 0 Å². The third kappa shape index (κ3) is 8.71. The van der Waals surface area contributed by atoms with Crippen LogP contribution in [0.25, 0.3) is 0 Å². The highest BCUT2D eigenvalue weighted by Gasteiger charge is 2.15. The Morgan fingerprint density at radius 1 is 0.857 bits per heavy atom. The van der Waals surface area contributed by atoms with E-state index in [0.717, 1.165) is 11.1 Å². The largest absolute Gasteiger partial charge is 0.494 e. The molecule has 0 unspecified atom stereocenters. The summed E-state index contributed by atoms with van der Waals surface area (Å²) in [5, 5.41) is 0. The summed E-state index contributed by atoms with van der Waals surface area (Å²) in [6.07, 6.45) is 1.12. The zero-order chi connectivity index (χ0) is 20.4. The van der Waals surface area contributed by atoms with Gasteiger partial charge in [0.25, 0.3) is 0 Å². The average molecular weight is 384 g/mol. The van der Waals surface area contributed by atoms with E-state index in [-0.39, 0.29) is 25.0 Å². The maximum atomic E-state index is 11.9. The minimum atomic E-state index is -0.462. The summed E-state index contributed by atoms with van der Waals surface area (Å²) in [6.45, 7) is 6.25. The van der Waals surface area contributed by atoms with E-state index in [1.807, 2.05) is 75.4 Å². The van der Waals surface area contributed by atoms with Crippen LogP contribution in [0.1, 0.15) is 44.7 Å². The normalized spacial score (nSPS) is 11.0. The fourth-order valence-electron chi connectivity index (χ4n) is 2.46. The molecule has 0 spiro atoms. The molecule has 5 heteroatoms. The number of ether oxygens (including phenoxy) is 3. The number of esters is 2. The summed E-state index contributed by atoms with van der Waals surface area (Å²) >= 11 is 0. The second-order valence-electron chi connectivity index (χ2n) is 7.51. The lowest BCUT2D eigenvalue weighted by Crippen LogP contribution is -2.23. The third-order valence-electron chi connectivity index (χ3n) is 3.73. The van der Waals surface area contributed by atoms with Crippen molar-refractivity contribution in [1.82, 2.24) is 0 Å². The van der Waals surface area contributed by atoms with Gasteiger partial charge in [-0.1, -0.05) is 42.5 Å². The first kappa shape index (κ1) is 21.5.